The fourth-order valence-electron chi connectivity index (χ4n) is 3.04. The lowest BCUT2D eigenvalue weighted by atomic mass is 10.2. The number of methoxy groups -OCH3 is 1. The van der Waals surface area contributed by atoms with Crippen molar-refractivity contribution in [1.82, 2.24) is 20.1 Å². The Morgan fingerprint density at radius 1 is 1.15 bits per heavy atom. The number of hydrogen-bond acceptors (Lipinski definition) is 6. The molecule has 1 aromatic heterocycles. The molecule has 1 atom stereocenters. The number of halogens is 2. The Morgan fingerprint density at radius 2 is 1.88 bits per heavy atom. The van der Waals surface area contributed by atoms with E-state index < -0.39 is 6.04 Å². The molecule has 0 bridgehead atoms. The van der Waals surface area contributed by atoms with Gasteiger partial charge in [-0.1, -0.05) is 35.0 Å². The van der Waals surface area contributed by atoms with Gasteiger partial charge in [0.2, 0.25) is 5.91 Å². The number of anilines is 1. The molecule has 0 aliphatic heterocycles. The van der Waals surface area contributed by atoms with Crippen molar-refractivity contribution < 1.29 is 14.3 Å². The second kappa shape index (κ2) is 11.4. The second-order valence-electron chi connectivity index (χ2n) is 6.97. The van der Waals surface area contributed by atoms with Crippen molar-refractivity contribution >= 4 is 52.5 Å². The third-order valence-electron chi connectivity index (χ3n) is 4.68. The van der Waals surface area contributed by atoms with Crippen LogP contribution in [-0.4, -0.2) is 39.4 Å². The average molecular weight is 508 g/mol. The number of hydrogen-bond donors (Lipinski definition) is 2. The van der Waals surface area contributed by atoms with Gasteiger partial charge in [-0.15, -0.1) is 10.2 Å². The SMILES string of the molecule is CCn1c(SCC(=O)Nc2ccc(OC)cc2)nnc1[C@H](C)NC(=O)c1ccc(Cl)cc1Cl. The van der Waals surface area contributed by atoms with Crippen molar-refractivity contribution in [3.8, 4) is 5.75 Å². The highest BCUT2D eigenvalue weighted by Gasteiger charge is 2.21. The van der Waals surface area contributed by atoms with Gasteiger partial charge in [0.05, 0.1) is 29.5 Å². The van der Waals surface area contributed by atoms with Crippen LogP contribution in [0.15, 0.2) is 47.6 Å². The Kier molecular flexibility index (Phi) is 8.60. The van der Waals surface area contributed by atoms with Crippen LogP contribution in [0.25, 0.3) is 0 Å². The van der Waals surface area contributed by atoms with Crippen LogP contribution in [0.3, 0.4) is 0 Å². The van der Waals surface area contributed by atoms with Gasteiger partial charge in [0.25, 0.3) is 5.91 Å². The third kappa shape index (κ3) is 6.40. The number of rotatable bonds is 9. The molecule has 2 N–H and O–H groups in total. The first-order valence-corrected chi connectivity index (χ1v) is 11.8. The van der Waals surface area contributed by atoms with Gasteiger partial charge >= 0.3 is 0 Å². The number of nitrogens with one attached hydrogen (secondary N) is 2. The summed E-state index contributed by atoms with van der Waals surface area (Å²) in [6.45, 7) is 4.33. The molecular formula is C22H23Cl2N5O3S. The predicted octanol–water partition coefficient (Wildman–Crippen LogP) is 4.84. The summed E-state index contributed by atoms with van der Waals surface area (Å²) in [7, 11) is 1.58. The Labute approximate surface area is 206 Å². The zero-order valence-electron chi connectivity index (χ0n) is 18.3. The van der Waals surface area contributed by atoms with Gasteiger partial charge in [0.1, 0.15) is 5.75 Å². The van der Waals surface area contributed by atoms with E-state index in [-0.39, 0.29) is 22.6 Å². The van der Waals surface area contributed by atoms with Crippen LogP contribution in [0.2, 0.25) is 10.0 Å². The summed E-state index contributed by atoms with van der Waals surface area (Å²) in [5.74, 6) is 0.934. The lowest BCUT2D eigenvalue weighted by Crippen LogP contribution is -2.29. The topological polar surface area (TPSA) is 98.1 Å². The normalized spacial score (nSPS) is 11.7. The van der Waals surface area contributed by atoms with E-state index in [0.717, 1.165) is 0 Å². The molecule has 3 rings (SSSR count). The largest absolute Gasteiger partial charge is 0.497 e. The van der Waals surface area contributed by atoms with Crippen LogP contribution in [-0.2, 0) is 11.3 Å². The minimum Gasteiger partial charge on any atom is -0.497 e. The molecule has 0 aliphatic carbocycles. The summed E-state index contributed by atoms with van der Waals surface area (Å²) in [4.78, 5) is 25.0. The second-order valence-corrected chi connectivity index (χ2v) is 8.76. The maximum Gasteiger partial charge on any atom is 0.253 e. The zero-order valence-corrected chi connectivity index (χ0v) is 20.6. The van der Waals surface area contributed by atoms with Crippen molar-refractivity contribution in [2.45, 2.75) is 31.6 Å². The van der Waals surface area contributed by atoms with Gasteiger partial charge in [0, 0.05) is 17.3 Å². The molecule has 3 aromatic rings. The first-order valence-electron chi connectivity index (χ1n) is 10.1. The van der Waals surface area contributed by atoms with E-state index in [9.17, 15) is 9.59 Å². The number of ether oxygens (including phenoxy) is 1. The monoisotopic (exact) mass is 507 g/mol. The molecule has 8 nitrogen and oxygen atoms in total. The predicted molar refractivity (Wildman–Crippen MR) is 130 cm³/mol. The number of aromatic nitrogens is 3. The summed E-state index contributed by atoms with van der Waals surface area (Å²) in [5, 5.41) is 15.4. The molecule has 0 fully saturated rings. The maximum absolute atomic E-state index is 12.6. The van der Waals surface area contributed by atoms with E-state index in [2.05, 4.69) is 20.8 Å². The summed E-state index contributed by atoms with van der Waals surface area (Å²) < 4.78 is 6.97. The molecule has 0 radical (unpaired) electrons. The first kappa shape index (κ1) is 24.9. The lowest BCUT2D eigenvalue weighted by Gasteiger charge is -2.15. The van der Waals surface area contributed by atoms with Crippen molar-refractivity contribution in [3.63, 3.8) is 0 Å². The molecule has 0 aliphatic rings. The number of amides is 2. The first-order chi connectivity index (χ1) is 15.8. The molecular weight excluding hydrogens is 485 g/mol. The van der Waals surface area contributed by atoms with Gasteiger partial charge in [-0.05, 0) is 56.3 Å². The van der Waals surface area contributed by atoms with Crippen molar-refractivity contribution in [3.05, 3.63) is 63.9 Å². The van der Waals surface area contributed by atoms with Crippen LogP contribution >= 0.6 is 35.0 Å². The van der Waals surface area contributed by atoms with Gasteiger partial charge < -0.3 is 19.9 Å². The summed E-state index contributed by atoms with van der Waals surface area (Å²) in [5.41, 5.74) is 0.997. The van der Waals surface area contributed by atoms with E-state index in [1.54, 1.807) is 43.5 Å². The summed E-state index contributed by atoms with van der Waals surface area (Å²) in [6.07, 6.45) is 0. The fraction of sp³-hybridized carbons (Fsp3) is 0.273. The van der Waals surface area contributed by atoms with Crippen LogP contribution in [0.5, 0.6) is 5.75 Å². The van der Waals surface area contributed by atoms with E-state index in [1.165, 1.54) is 17.8 Å². The quantitative estimate of drug-likeness (QED) is 0.402. The number of benzene rings is 2. The molecule has 1 heterocycles. The molecule has 2 amide bonds. The highest BCUT2D eigenvalue weighted by Crippen LogP contribution is 2.24. The zero-order chi connectivity index (χ0) is 24.0. The van der Waals surface area contributed by atoms with Crippen LogP contribution < -0.4 is 15.4 Å². The molecule has 0 unspecified atom stereocenters. The summed E-state index contributed by atoms with van der Waals surface area (Å²) in [6, 6.07) is 11.3. The molecule has 11 heteroatoms. The minimum absolute atomic E-state index is 0.158. The molecule has 2 aromatic carbocycles. The highest BCUT2D eigenvalue weighted by atomic mass is 35.5. The standard InChI is InChI=1S/C22H23Cl2N5O3S/c1-4-29-20(13(2)25-21(31)17-10-5-14(23)11-18(17)24)27-28-22(29)33-12-19(30)26-15-6-8-16(32-3)9-7-15/h5-11,13H,4,12H2,1-3H3,(H,25,31)(H,26,30)/t13-/m0/s1. The van der Waals surface area contributed by atoms with E-state index >= 15 is 0 Å². The van der Waals surface area contributed by atoms with Crippen molar-refractivity contribution in [2.75, 3.05) is 18.2 Å². The Balaban J connectivity index is 1.62. The molecule has 0 saturated carbocycles. The third-order valence-corrected chi connectivity index (χ3v) is 6.19. The molecule has 0 saturated heterocycles. The average Bonchev–Trinajstić information content (AvgIpc) is 3.21. The van der Waals surface area contributed by atoms with E-state index in [4.69, 9.17) is 27.9 Å². The van der Waals surface area contributed by atoms with Crippen LogP contribution in [0.4, 0.5) is 5.69 Å². The smallest absolute Gasteiger partial charge is 0.253 e. The fourth-order valence-corrected chi connectivity index (χ4v) is 4.34. The molecule has 33 heavy (non-hydrogen) atoms. The number of carbonyl (C=O) groups excluding carboxylic acids is 2. The maximum atomic E-state index is 12.6. The Morgan fingerprint density at radius 3 is 2.52 bits per heavy atom. The number of carbonyl (C=O) groups is 2. The lowest BCUT2D eigenvalue weighted by molar-refractivity contribution is -0.113. The molecule has 0 spiro atoms. The van der Waals surface area contributed by atoms with E-state index in [1.807, 2.05) is 18.4 Å². The van der Waals surface area contributed by atoms with Gasteiger partial charge in [-0.25, -0.2) is 0 Å². The number of nitrogens with zero attached hydrogens (tertiary/aromatic N) is 3. The molecule has 174 valence electrons. The minimum atomic E-state index is -0.431. The van der Waals surface area contributed by atoms with E-state index in [0.29, 0.717) is 39.5 Å². The van der Waals surface area contributed by atoms with Crippen LogP contribution in [0.1, 0.15) is 36.1 Å². The van der Waals surface area contributed by atoms with Gasteiger partial charge in [0.15, 0.2) is 11.0 Å². The number of thioether (sulfide) groups is 1. The van der Waals surface area contributed by atoms with Crippen LogP contribution in [0, 0.1) is 0 Å². The Hall–Kier alpha value is -2.75. The van der Waals surface area contributed by atoms with Crippen molar-refractivity contribution in [1.29, 1.82) is 0 Å². The van der Waals surface area contributed by atoms with Gasteiger partial charge in [-0.3, -0.25) is 9.59 Å². The Bertz CT molecular complexity index is 1140. The highest BCUT2D eigenvalue weighted by molar-refractivity contribution is 7.99. The van der Waals surface area contributed by atoms with Crippen molar-refractivity contribution in [2.24, 2.45) is 0 Å². The van der Waals surface area contributed by atoms with Gasteiger partial charge in [-0.2, -0.15) is 0 Å². The summed E-state index contributed by atoms with van der Waals surface area (Å²) >= 11 is 13.3.